The van der Waals surface area contributed by atoms with Gasteiger partial charge in [-0.2, -0.15) is 4.98 Å². The van der Waals surface area contributed by atoms with Crippen LogP contribution in [0.2, 0.25) is 0 Å². The van der Waals surface area contributed by atoms with Crippen molar-refractivity contribution in [1.29, 1.82) is 0 Å². The van der Waals surface area contributed by atoms with Crippen LogP contribution < -0.4 is 5.32 Å². The highest BCUT2D eigenvalue weighted by molar-refractivity contribution is 4.92. The molecule has 1 aliphatic rings. The van der Waals surface area contributed by atoms with Gasteiger partial charge in [-0.3, -0.25) is 0 Å². The first-order valence-electron chi connectivity index (χ1n) is 6.98. The van der Waals surface area contributed by atoms with E-state index in [1.807, 2.05) is 6.92 Å². The van der Waals surface area contributed by atoms with E-state index in [9.17, 15) is 0 Å². The first-order valence-corrected chi connectivity index (χ1v) is 6.98. The third kappa shape index (κ3) is 3.53. The zero-order valence-corrected chi connectivity index (χ0v) is 11.3. The van der Waals surface area contributed by atoms with E-state index in [0.717, 1.165) is 31.8 Å². The Balaban J connectivity index is 1.92. The van der Waals surface area contributed by atoms with E-state index >= 15 is 0 Å². The number of hydrogen-bond acceptors (Lipinski definition) is 5. The van der Waals surface area contributed by atoms with E-state index in [0.29, 0.717) is 18.3 Å². The summed E-state index contributed by atoms with van der Waals surface area (Å²) < 4.78 is 10.9. The summed E-state index contributed by atoms with van der Waals surface area (Å²) in [7, 11) is 0. The average molecular weight is 253 g/mol. The molecule has 0 amide bonds. The Morgan fingerprint density at radius 2 is 2.17 bits per heavy atom. The fourth-order valence-corrected chi connectivity index (χ4v) is 2.39. The summed E-state index contributed by atoms with van der Waals surface area (Å²) in [6, 6.07) is 0. The minimum Gasteiger partial charge on any atom is -0.370 e. The van der Waals surface area contributed by atoms with Crippen LogP contribution in [0.5, 0.6) is 0 Å². The van der Waals surface area contributed by atoms with Gasteiger partial charge in [0.25, 0.3) is 0 Å². The Morgan fingerprint density at radius 3 is 2.83 bits per heavy atom. The molecule has 2 heterocycles. The molecule has 0 bridgehead atoms. The molecule has 102 valence electrons. The van der Waals surface area contributed by atoms with Gasteiger partial charge in [-0.15, -0.1) is 0 Å². The second kappa shape index (κ2) is 6.85. The highest BCUT2D eigenvalue weighted by atomic mass is 16.5. The highest BCUT2D eigenvalue weighted by Gasteiger charge is 2.20. The van der Waals surface area contributed by atoms with Crippen LogP contribution in [0.1, 0.15) is 50.9 Å². The number of piperidine rings is 1. The number of hydrogen-bond donors (Lipinski definition) is 1. The molecule has 1 atom stereocenters. The molecule has 5 heteroatoms. The lowest BCUT2D eigenvalue weighted by Crippen LogP contribution is -2.28. The molecule has 1 unspecified atom stereocenters. The summed E-state index contributed by atoms with van der Waals surface area (Å²) >= 11 is 0. The SMILES string of the molecule is CCOC(CC)c1noc(CC2CCNCC2)n1. The highest BCUT2D eigenvalue weighted by Crippen LogP contribution is 2.21. The molecule has 18 heavy (non-hydrogen) atoms. The summed E-state index contributed by atoms with van der Waals surface area (Å²) in [6.07, 6.45) is 4.14. The van der Waals surface area contributed by atoms with E-state index in [2.05, 4.69) is 22.4 Å². The van der Waals surface area contributed by atoms with Crippen molar-refractivity contribution in [2.75, 3.05) is 19.7 Å². The summed E-state index contributed by atoms with van der Waals surface area (Å²) in [5.74, 6) is 2.13. The molecular weight excluding hydrogens is 230 g/mol. The van der Waals surface area contributed by atoms with Crippen LogP contribution in [0.3, 0.4) is 0 Å². The molecule has 0 saturated carbocycles. The van der Waals surface area contributed by atoms with Crippen LogP contribution in [0.15, 0.2) is 4.52 Å². The standard InChI is InChI=1S/C13H23N3O2/c1-3-11(17-4-2)13-15-12(18-16-13)9-10-5-7-14-8-6-10/h10-11,14H,3-9H2,1-2H3. The lowest BCUT2D eigenvalue weighted by atomic mass is 9.95. The predicted octanol–water partition coefficient (Wildman–Crippen LogP) is 2.10. The van der Waals surface area contributed by atoms with E-state index in [1.165, 1.54) is 12.8 Å². The number of nitrogens with one attached hydrogen (secondary N) is 1. The topological polar surface area (TPSA) is 60.2 Å². The van der Waals surface area contributed by atoms with Gasteiger partial charge in [0, 0.05) is 13.0 Å². The summed E-state index contributed by atoms with van der Waals surface area (Å²) in [4.78, 5) is 4.47. The van der Waals surface area contributed by atoms with Crippen molar-refractivity contribution < 1.29 is 9.26 Å². The van der Waals surface area contributed by atoms with Crippen molar-refractivity contribution in [2.45, 2.75) is 45.6 Å². The maximum absolute atomic E-state index is 5.59. The summed E-state index contributed by atoms with van der Waals surface area (Å²) in [5.41, 5.74) is 0. The van der Waals surface area contributed by atoms with Crippen LogP contribution in [0.25, 0.3) is 0 Å². The van der Waals surface area contributed by atoms with Gasteiger partial charge in [-0.1, -0.05) is 12.1 Å². The van der Waals surface area contributed by atoms with Gasteiger partial charge >= 0.3 is 0 Å². The lowest BCUT2D eigenvalue weighted by molar-refractivity contribution is 0.0518. The van der Waals surface area contributed by atoms with Crippen LogP contribution in [-0.4, -0.2) is 29.8 Å². The van der Waals surface area contributed by atoms with Crippen molar-refractivity contribution in [1.82, 2.24) is 15.5 Å². The number of nitrogens with zero attached hydrogens (tertiary/aromatic N) is 2. The second-order valence-corrected chi connectivity index (χ2v) is 4.80. The third-order valence-electron chi connectivity index (χ3n) is 3.43. The fraction of sp³-hybridized carbons (Fsp3) is 0.846. The molecule has 1 N–H and O–H groups in total. The van der Waals surface area contributed by atoms with Crippen LogP contribution in [0, 0.1) is 5.92 Å². The first kappa shape index (κ1) is 13.5. The van der Waals surface area contributed by atoms with Crippen LogP contribution >= 0.6 is 0 Å². The van der Waals surface area contributed by atoms with E-state index < -0.39 is 0 Å². The van der Waals surface area contributed by atoms with Gasteiger partial charge in [0.15, 0.2) is 0 Å². The molecule has 0 aromatic carbocycles. The van der Waals surface area contributed by atoms with Crippen molar-refractivity contribution in [3.8, 4) is 0 Å². The van der Waals surface area contributed by atoms with E-state index in [1.54, 1.807) is 0 Å². The van der Waals surface area contributed by atoms with E-state index in [4.69, 9.17) is 9.26 Å². The van der Waals surface area contributed by atoms with Gasteiger partial charge < -0.3 is 14.6 Å². The van der Waals surface area contributed by atoms with Gasteiger partial charge in [0.2, 0.25) is 11.7 Å². The Labute approximate surface area is 108 Å². The van der Waals surface area contributed by atoms with Crippen LogP contribution in [0.4, 0.5) is 0 Å². The van der Waals surface area contributed by atoms with Crippen molar-refractivity contribution in [2.24, 2.45) is 5.92 Å². The van der Waals surface area contributed by atoms with Crippen LogP contribution in [-0.2, 0) is 11.2 Å². The minimum absolute atomic E-state index is 0.0273. The third-order valence-corrected chi connectivity index (χ3v) is 3.43. The largest absolute Gasteiger partial charge is 0.370 e. The number of ether oxygens (including phenoxy) is 1. The van der Waals surface area contributed by atoms with Gasteiger partial charge in [0.05, 0.1) is 0 Å². The van der Waals surface area contributed by atoms with Crippen molar-refractivity contribution in [3.63, 3.8) is 0 Å². The van der Waals surface area contributed by atoms with Gasteiger partial charge in [-0.25, -0.2) is 0 Å². The monoisotopic (exact) mass is 253 g/mol. The van der Waals surface area contributed by atoms with Crippen molar-refractivity contribution in [3.05, 3.63) is 11.7 Å². The molecule has 2 rings (SSSR count). The first-order chi connectivity index (χ1) is 8.83. The zero-order valence-electron chi connectivity index (χ0n) is 11.3. The Morgan fingerprint density at radius 1 is 1.39 bits per heavy atom. The number of rotatable bonds is 6. The second-order valence-electron chi connectivity index (χ2n) is 4.80. The Bertz CT molecular complexity index is 348. The lowest BCUT2D eigenvalue weighted by Gasteiger charge is -2.20. The van der Waals surface area contributed by atoms with Crippen molar-refractivity contribution >= 4 is 0 Å². The molecule has 1 aliphatic heterocycles. The summed E-state index contributed by atoms with van der Waals surface area (Å²) in [6.45, 7) is 6.93. The number of aromatic nitrogens is 2. The zero-order chi connectivity index (χ0) is 12.8. The molecule has 1 aromatic rings. The Hall–Kier alpha value is -0.940. The molecule has 1 saturated heterocycles. The smallest absolute Gasteiger partial charge is 0.227 e. The molecule has 0 radical (unpaired) electrons. The predicted molar refractivity (Wildman–Crippen MR) is 68.3 cm³/mol. The molecule has 0 aliphatic carbocycles. The quantitative estimate of drug-likeness (QED) is 0.841. The molecule has 5 nitrogen and oxygen atoms in total. The molecule has 1 aromatic heterocycles. The fourth-order valence-electron chi connectivity index (χ4n) is 2.39. The summed E-state index contributed by atoms with van der Waals surface area (Å²) in [5, 5.41) is 7.41. The maximum Gasteiger partial charge on any atom is 0.227 e. The maximum atomic E-state index is 5.59. The molecule has 0 spiro atoms. The van der Waals surface area contributed by atoms with Gasteiger partial charge in [0.1, 0.15) is 6.10 Å². The van der Waals surface area contributed by atoms with Gasteiger partial charge in [-0.05, 0) is 45.2 Å². The minimum atomic E-state index is -0.0273. The Kier molecular flexibility index (Phi) is 5.13. The molecule has 1 fully saturated rings. The average Bonchev–Trinajstić information content (AvgIpc) is 2.85. The normalized spacial score (nSPS) is 19.0. The van der Waals surface area contributed by atoms with E-state index in [-0.39, 0.29) is 6.10 Å². The molecular formula is C13H23N3O2.